The fourth-order valence-corrected chi connectivity index (χ4v) is 4.30. The summed E-state index contributed by atoms with van der Waals surface area (Å²) in [6.07, 6.45) is 23.5. The normalized spacial score (nSPS) is 13.9. The van der Waals surface area contributed by atoms with Crippen molar-refractivity contribution in [1.82, 2.24) is 29.2 Å². The number of amides is 1. The molecule has 0 radical (unpaired) electrons. The standard InChI is InChI=1S/C16H19N7.C5H6N2OS.2C2H2/c1-2-8-22(7-1)16-18-15(13-4-3-9-23(13)21-16)17-14-10-12(19-20-14)11-5-6-11;1-4-2-5(6-3-8)9-7-4;2*1-2/h3-4,9-11H,1-2,5-8H2,(H2,17,18,19,20,21);2-3H,1H3,(H,6,8);2*1-2H. The lowest BCUT2D eigenvalue weighted by molar-refractivity contribution is -0.105. The molecule has 2 fully saturated rings. The van der Waals surface area contributed by atoms with Crippen LogP contribution in [-0.4, -0.2) is 48.7 Å². The van der Waals surface area contributed by atoms with Gasteiger partial charge in [0.15, 0.2) is 11.6 Å². The largest absolute Gasteiger partial charge is 0.340 e. The van der Waals surface area contributed by atoms with Gasteiger partial charge in [0.1, 0.15) is 10.5 Å². The summed E-state index contributed by atoms with van der Waals surface area (Å²) in [5, 5.41) is 18.8. The van der Waals surface area contributed by atoms with Crippen LogP contribution in [0.2, 0.25) is 0 Å². The number of nitrogens with zero attached hydrogens (tertiary/aromatic N) is 6. The number of terminal acetylenes is 2. The third-order valence-corrected chi connectivity index (χ3v) is 6.27. The SMILES string of the molecule is C#C.C#C.Cc1cc(NC=O)sn1.c1cc2c(Nc3cc(C4CC4)[nH]n3)nc(N3CCCC3)nn2c1. The van der Waals surface area contributed by atoms with Crippen molar-refractivity contribution in [3.05, 3.63) is 41.9 Å². The topological polar surface area (TPSA) is 116 Å². The third kappa shape index (κ3) is 6.62. The molecule has 11 heteroatoms. The third-order valence-electron chi connectivity index (χ3n) is 5.46. The molecule has 0 aromatic carbocycles. The Morgan fingerprint density at radius 3 is 2.56 bits per heavy atom. The molecule has 186 valence electrons. The number of carbonyl (C=O) groups excluding carboxylic acids is 1. The van der Waals surface area contributed by atoms with Crippen LogP contribution in [0.4, 0.5) is 22.6 Å². The molecule has 3 N–H and O–H groups in total. The van der Waals surface area contributed by atoms with Gasteiger partial charge in [-0.1, -0.05) is 0 Å². The summed E-state index contributed by atoms with van der Waals surface area (Å²) in [6.45, 7) is 3.94. The first-order valence-corrected chi connectivity index (χ1v) is 12.2. The number of carbonyl (C=O) groups is 1. The summed E-state index contributed by atoms with van der Waals surface area (Å²) in [5.74, 6) is 3.07. The van der Waals surface area contributed by atoms with Gasteiger partial charge in [0, 0.05) is 37.0 Å². The van der Waals surface area contributed by atoms with E-state index in [1.165, 1.54) is 42.9 Å². The van der Waals surface area contributed by atoms with Gasteiger partial charge in [-0.3, -0.25) is 9.89 Å². The number of rotatable bonds is 6. The Labute approximate surface area is 214 Å². The Morgan fingerprint density at radius 2 is 1.92 bits per heavy atom. The second kappa shape index (κ2) is 12.9. The van der Waals surface area contributed by atoms with Crippen molar-refractivity contribution in [2.75, 3.05) is 28.6 Å². The van der Waals surface area contributed by atoms with Crippen LogP contribution in [0, 0.1) is 32.6 Å². The molecule has 36 heavy (non-hydrogen) atoms. The van der Waals surface area contributed by atoms with Crippen molar-refractivity contribution in [2.45, 2.75) is 38.5 Å². The molecule has 0 atom stereocenters. The predicted octanol–water partition coefficient (Wildman–Crippen LogP) is 4.19. The maximum Gasteiger partial charge on any atom is 0.245 e. The highest BCUT2D eigenvalue weighted by Crippen LogP contribution is 2.39. The van der Waals surface area contributed by atoms with E-state index < -0.39 is 0 Å². The van der Waals surface area contributed by atoms with Gasteiger partial charge in [0.2, 0.25) is 12.4 Å². The van der Waals surface area contributed by atoms with Crippen molar-refractivity contribution in [3.63, 3.8) is 0 Å². The monoisotopic (exact) mass is 503 g/mol. The zero-order chi connectivity index (χ0) is 25.9. The summed E-state index contributed by atoms with van der Waals surface area (Å²) in [6, 6.07) is 7.92. The van der Waals surface area contributed by atoms with Crippen LogP contribution in [0.25, 0.3) is 5.52 Å². The zero-order valence-corrected chi connectivity index (χ0v) is 20.9. The number of aryl methyl sites for hydroxylation is 1. The van der Waals surface area contributed by atoms with Gasteiger partial charge in [-0.2, -0.15) is 14.5 Å². The van der Waals surface area contributed by atoms with Gasteiger partial charge >= 0.3 is 0 Å². The van der Waals surface area contributed by atoms with Crippen LogP contribution < -0.4 is 15.5 Å². The van der Waals surface area contributed by atoms with Crippen LogP contribution in [0.15, 0.2) is 30.5 Å². The van der Waals surface area contributed by atoms with E-state index in [1.807, 2.05) is 35.8 Å². The molecule has 10 nitrogen and oxygen atoms in total. The first-order chi connectivity index (χ1) is 17.7. The molecule has 4 aromatic heterocycles. The molecule has 1 aliphatic carbocycles. The van der Waals surface area contributed by atoms with Gasteiger partial charge in [-0.05, 0) is 62.3 Å². The maximum absolute atomic E-state index is 9.85. The first-order valence-electron chi connectivity index (χ1n) is 11.4. The molecule has 4 aromatic rings. The summed E-state index contributed by atoms with van der Waals surface area (Å²) >= 11 is 1.28. The van der Waals surface area contributed by atoms with E-state index in [1.54, 1.807) is 0 Å². The van der Waals surface area contributed by atoms with Crippen molar-refractivity contribution in [3.8, 4) is 25.7 Å². The molecule has 1 amide bonds. The van der Waals surface area contributed by atoms with E-state index in [0.29, 0.717) is 12.3 Å². The highest BCUT2D eigenvalue weighted by Gasteiger charge is 2.26. The number of nitrogens with one attached hydrogen (secondary N) is 3. The second-order valence-corrected chi connectivity index (χ2v) is 8.80. The van der Waals surface area contributed by atoms with Gasteiger partial charge in [0.05, 0.1) is 5.69 Å². The fraction of sp³-hybridized carbons (Fsp3) is 0.320. The Morgan fingerprint density at radius 1 is 1.17 bits per heavy atom. The van der Waals surface area contributed by atoms with Crippen molar-refractivity contribution in [1.29, 1.82) is 0 Å². The van der Waals surface area contributed by atoms with Crippen LogP contribution in [0.3, 0.4) is 0 Å². The van der Waals surface area contributed by atoms with Gasteiger partial charge in [-0.25, -0.2) is 4.52 Å². The van der Waals surface area contributed by atoms with E-state index >= 15 is 0 Å². The molecular weight excluding hydrogens is 474 g/mol. The number of aromatic amines is 1. The van der Waals surface area contributed by atoms with Crippen LogP contribution >= 0.6 is 11.5 Å². The van der Waals surface area contributed by atoms with E-state index in [0.717, 1.165) is 46.9 Å². The average Bonchev–Trinajstić information content (AvgIpc) is 3.37. The highest BCUT2D eigenvalue weighted by atomic mass is 32.1. The van der Waals surface area contributed by atoms with Gasteiger partial charge in [-0.15, -0.1) is 30.8 Å². The smallest absolute Gasteiger partial charge is 0.245 e. The van der Waals surface area contributed by atoms with E-state index in [2.05, 4.69) is 67.0 Å². The summed E-state index contributed by atoms with van der Waals surface area (Å²) in [5.41, 5.74) is 3.11. The summed E-state index contributed by atoms with van der Waals surface area (Å²) in [4.78, 5) is 16.8. The number of hydrogen-bond donors (Lipinski definition) is 3. The fourth-order valence-electron chi connectivity index (χ4n) is 3.68. The molecule has 6 rings (SSSR count). The Bertz CT molecular complexity index is 1290. The average molecular weight is 504 g/mol. The molecule has 0 spiro atoms. The molecule has 1 saturated carbocycles. The maximum atomic E-state index is 9.85. The Hall–Kier alpha value is -4.35. The molecule has 5 heterocycles. The minimum atomic E-state index is 0.646. The van der Waals surface area contributed by atoms with Crippen molar-refractivity contribution < 1.29 is 4.79 Å². The summed E-state index contributed by atoms with van der Waals surface area (Å²) < 4.78 is 5.84. The Balaban J connectivity index is 0.000000235. The minimum absolute atomic E-state index is 0.646. The van der Waals surface area contributed by atoms with Crippen LogP contribution in [0.1, 0.15) is 43.0 Å². The molecule has 2 aliphatic rings. The second-order valence-electron chi connectivity index (χ2n) is 8.00. The van der Waals surface area contributed by atoms with E-state index in [4.69, 9.17) is 4.98 Å². The number of hydrogen-bond acceptors (Lipinski definition) is 8. The molecule has 0 unspecified atom stereocenters. The minimum Gasteiger partial charge on any atom is -0.340 e. The molecule has 1 aliphatic heterocycles. The molecule has 1 saturated heterocycles. The van der Waals surface area contributed by atoms with E-state index in [9.17, 15) is 4.79 Å². The predicted molar refractivity (Wildman–Crippen MR) is 145 cm³/mol. The number of aromatic nitrogens is 6. The highest BCUT2D eigenvalue weighted by molar-refractivity contribution is 7.10. The lowest BCUT2D eigenvalue weighted by Crippen LogP contribution is -2.22. The first kappa shape index (κ1) is 26.3. The van der Waals surface area contributed by atoms with Crippen LogP contribution in [-0.2, 0) is 4.79 Å². The zero-order valence-electron chi connectivity index (χ0n) is 20.1. The molecule has 0 bridgehead atoms. The lowest BCUT2D eigenvalue weighted by Gasteiger charge is -2.16. The summed E-state index contributed by atoms with van der Waals surface area (Å²) in [7, 11) is 0. The number of anilines is 4. The lowest BCUT2D eigenvalue weighted by atomic mass is 10.3. The van der Waals surface area contributed by atoms with Gasteiger partial charge in [0.25, 0.3) is 0 Å². The van der Waals surface area contributed by atoms with Crippen LogP contribution in [0.5, 0.6) is 0 Å². The van der Waals surface area contributed by atoms with Crippen molar-refractivity contribution >= 4 is 46.0 Å². The van der Waals surface area contributed by atoms with Crippen molar-refractivity contribution in [2.24, 2.45) is 0 Å². The molecular formula is C25H29N9OS. The number of H-pyrrole nitrogens is 1. The quantitative estimate of drug-likeness (QED) is 0.267. The number of fused-ring (bicyclic) bond motifs is 1. The van der Waals surface area contributed by atoms with E-state index in [-0.39, 0.29) is 0 Å². The Kier molecular flexibility index (Phi) is 9.43. The van der Waals surface area contributed by atoms with Gasteiger partial charge < -0.3 is 15.5 Å².